The summed E-state index contributed by atoms with van der Waals surface area (Å²) < 4.78 is 0. The van der Waals surface area contributed by atoms with Crippen molar-refractivity contribution in [3.8, 4) is 0 Å². The minimum Gasteiger partial charge on any atom is -0.388 e. The molecular weight excluding hydrogens is 340 g/mol. The van der Waals surface area contributed by atoms with Crippen LogP contribution < -0.4 is 15.5 Å². The third-order valence-electron chi connectivity index (χ3n) is 5.45. The molecule has 3 N–H and O–H groups in total. The molecule has 6 nitrogen and oxygen atoms in total. The van der Waals surface area contributed by atoms with Gasteiger partial charge in [0.2, 0.25) is 5.91 Å². The predicted octanol–water partition coefficient (Wildman–Crippen LogP) is 2.56. The van der Waals surface area contributed by atoms with E-state index < -0.39 is 5.60 Å². The van der Waals surface area contributed by atoms with Crippen molar-refractivity contribution in [3.05, 3.63) is 29.8 Å². The third-order valence-corrected chi connectivity index (χ3v) is 5.45. The first-order valence-electron chi connectivity index (χ1n) is 10.2. The highest BCUT2D eigenvalue weighted by molar-refractivity contribution is 5.95. The van der Waals surface area contributed by atoms with Crippen molar-refractivity contribution in [1.82, 2.24) is 10.6 Å². The van der Waals surface area contributed by atoms with E-state index in [2.05, 4.69) is 15.6 Å². The summed E-state index contributed by atoms with van der Waals surface area (Å²) in [6, 6.07) is 8.06. The Morgan fingerprint density at radius 2 is 1.89 bits per heavy atom. The molecule has 0 spiro atoms. The van der Waals surface area contributed by atoms with E-state index in [4.69, 9.17) is 0 Å². The molecule has 6 heteroatoms. The predicted molar refractivity (Wildman–Crippen MR) is 109 cm³/mol. The molecule has 1 heterocycles. The number of carbonyl (C=O) groups excluding carboxylic acids is 1. The molecule has 0 atom stereocenters. The van der Waals surface area contributed by atoms with Crippen molar-refractivity contribution >= 4 is 17.6 Å². The van der Waals surface area contributed by atoms with Crippen molar-refractivity contribution in [1.29, 1.82) is 0 Å². The third kappa shape index (κ3) is 5.45. The van der Waals surface area contributed by atoms with Crippen LogP contribution in [0.3, 0.4) is 0 Å². The fraction of sp³-hybridized carbons (Fsp3) is 0.619. The molecule has 1 aromatic rings. The van der Waals surface area contributed by atoms with Crippen LogP contribution in [0.15, 0.2) is 29.3 Å². The van der Waals surface area contributed by atoms with Gasteiger partial charge in [0.1, 0.15) is 0 Å². The Balaban J connectivity index is 1.56. The van der Waals surface area contributed by atoms with Crippen molar-refractivity contribution in [2.75, 3.05) is 24.5 Å². The first kappa shape index (κ1) is 19.7. The van der Waals surface area contributed by atoms with Crippen LogP contribution in [-0.2, 0) is 11.3 Å². The number of nitrogens with one attached hydrogen (secondary N) is 2. The lowest BCUT2D eigenvalue weighted by Gasteiger charge is -2.32. The number of rotatable bonds is 6. The molecule has 1 aliphatic heterocycles. The maximum Gasteiger partial charge on any atom is 0.227 e. The van der Waals surface area contributed by atoms with Gasteiger partial charge in [-0.2, -0.15) is 0 Å². The Kier molecular flexibility index (Phi) is 6.72. The number of hydrogen-bond donors (Lipinski definition) is 3. The largest absolute Gasteiger partial charge is 0.388 e. The van der Waals surface area contributed by atoms with Gasteiger partial charge in [0.05, 0.1) is 12.1 Å². The van der Waals surface area contributed by atoms with Crippen molar-refractivity contribution in [3.63, 3.8) is 0 Å². The first-order chi connectivity index (χ1) is 13.1. The molecule has 0 unspecified atom stereocenters. The van der Waals surface area contributed by atoms with Gasteiger partial charge in [0.15, 0.2) is 5.96 Å². The van der Waals surface area contributed by atoms with Gasteiger partial charge in [0, 0.05) is 31.7 Å². The second-order valence-corrected chi connectivity index (χ2v) is 7.65. The molecule has 0 aromatic heterocycles. The molecule has 0 radical (unpaired) electrons. The Hall–Kier alpha value is -2.08. The van der Waals surface area contributed by atoms with E-state index in [9.17, 15) is 9.90 Å². The number of nitrogens with zero attached hydrogens (tertiary/aromatic N) is 2. The molecule has 27 heavy (non-hydrogen) atoms. The van der Waals surface area contributed by atoms with Gasteiger partial charge >= 0.3 is 0 Å². The van der Waals surface area contributed by atoms with Crippen LogP contribution in [0.2, 0.25) is 0 Å². The van der Waals surface area contributed by atoms with Gasteiger partial charge in [-0.25, -0.2) is 4.99 Å². The highest BCUT2D eigenvalue weighted by Crippen LogP contribution is 2.27. The van der Waals surface area contributed by atoms with Crippen LogP contribution in [0.25, 0.3) is 0 Å². The summed E-state index contributed by atoms with van der Waals surface area (Å²) in [6.07, 6.45) is 6.71. The van der Waals surface area contributed by atoms with E-state index in [1.54, 1.807) is 0 Å². The van der Waals surface area contributed by atoms with Crippen molar-refractivity contribution in [2.24, 2.45) is 4.99 Å². The molecular formula is C21H32N4O2. The van der Waals surface area contributed by atoms with Crippen LogP contribution in [0.5, 0.6) is 0 Å². The Morgan fingerprint density at radius 1 is 1.15 bits per heavy atom. The number of hydrogen-bond acceptors (Lipinski definition) is 3. The highest BCUT2D eigenvalue weighted by Gasteiger charge is 2.29. The molecule has 3 rings (SSSR count). The summed E-state index contributed by atoms with van der Waals surface area (Å²) in [5, 5.41) is 17.2. The van der Waals surface area contributed by atoms with E-state index >= 15 is 0 Å². The minimum atomic E-state index is -0.613. The molecule has 1 amide bonds. The average Bonchev–Trinajstić information content (AvgIpc) is 3.11. The number of aliphatic imine (C=N–C) groups is 1. The summed E-state index contributed by atoms with van der Waals surface area (Å²) in [4.78, 5) is 18.3. The van der Waals surface area contributed by atoms with E-state index in [1.165, 1.54) is 6.42 Å². The maximum absolute atomic E-state index is 11.8. The lowest BCUT2D eigenvalue weighted by atomic mass is 9.85. The zero-order chi connectivity index (χ0) is 19.1. The Morgan fingerprint density at radius 3 is 2.52 bits per heavy atom. The van der Waals surface area contributed by atoms with Crippen molar-refractivity contribution in [2.45, 2.75) is 64.0 Å². The normalized spacial score (nSPS) is 20.0. The zero-order valence-corrected chi connectivity index (χ0v) is 16.3. The topological polar surface area (TPSA) is 77.0 Å². The zero-order valence-electron chi connectivity index (χ0n) is 16.3. The van der Waals surface area contributed by atoms with Gasteiger partial charge in [-0.1, -0.05) is 31.4 Å². The molecule has 2 aliphatic rings. The number of guanidine groups is 1. The Labute approximate surface area is 162 Å². The lowest BCUT2D eigenvalue weighted by molar-refractivity contribution is -0.117. The average molecular weight is 373 g/mol. The number of amides is 1. The summed E-state index contributed by atoms with van der Waals surface area (Å²) in [6.45, 7) is 4.72. The molecule has 1 saturated heterocycles. The van der Waals surface area contributed by atoms with E-state index in [-0.39, 0.29) is 5.91 Å². The molecule has 148 valence electrons. The number of anilines is 1. The first-order valence-corrected chi connectivity index (χ1v) is 10.2. The van der Waals surface area contributed by atoms with Gasteiger partial charge in [-0.3, -0.25) is 4.79 Å². The maximum atomic E-state index is 11.8. The van der Waals surface area contributed by atoms with E-state index in [0.717, 1.165) is 62.4 Å². The summed E-state index contributed by atoms with van der Waals surface area (Å²) in [5.41, 5.74) is 1.45. The number of carbonyl (C=O) groups is 1. The minimum absolute atomic E-state index is 0.208. The standard InChI is InChI=1S/C21H32N4O2/c1-2-22-20(24-16-21(27)12-4-3-5-13-21)23-15-17-8-10-18(11-9-17)25-14-6-7-19(25)26/h8-11,27H,2-7,12-16H2,1H3,(H2,22,23,24). The monoisotopic (exact) mass is 372 g/mol. The smallest absolute Gasteiger partial charge is 0.227 e. The van der Waals surface area contributed by atoms with Crippen LogP contribution in [0.1, 0.15) is 57.4 Å². The number of aliphatic hydroxyl groups is 1. The molecule has 0 bridgehead atoms. The Bertz CT molecular complexity index is 651. The van der Waals surface area contributed by atoms with Crippen LogP contribution in [-0.4, -0.2) is 42.2 Å². The lowest BCUT2D eigenvalue weighted by Crippen LogP contribution is -2.48. The van der Waals surface area contributed by atoms with Gasteiger partial charge in [0.25, 0.3) is 0 Å². The molecule has 2 fully saturated rings. The molecule has 1 saturated carbocycles. The highest BCUT2D eigenvalue weighted by atomic mass is 16.3. The second-order valence-electron chi connectivity index (χ2n) is 7.65. The summed E-state index contributed by atoms with van der Waals surface area (Å²) >= 11 is 0. The van der Waals surface area contributed by atoms with Gasteiger partial charge in [-0.05, 0) is 43.9 Å². The quantitative estimate of drug-likeness (QED) is 0.530. The fourth-order valence-corrected chi connectivity index (χ4v) is 3.85. The van der Waals surface area contributed by atoms with Crippen LogP contribution in [0, 0.1) is 0 Å². The van der Waals surface area contributed by atoms with Crippen molar-refractivity contribution < 1.29 is 9.90 Å². The van der Waals surface area contributed by atoms with Gasteiger partial charge < -0.3 is 20.6 Å². The molecule has 1 aliphatic carbocycles. The van der Waals surface area contributed by atoms with Crippen LogP contribution in [0.4, 0.5) is 5.69 Å². The second kappa shape index (κ2) is 9.22. The molecule has 1 aromatic carbocycles. The van der Waals surface area contributed by atoms with Gasteiger partial charge in [-0.15, -0.1) is 0 Å². The van der Waals surface area contributed by atoms with E-state index in [0.29, 0.717) is 19.5 Å². The summed E-state index contributed by atoms with van der Waals surface area (Å²) in [5.74, 6) is 0.940. The van der Waals surface area contributed by atoms with Crippen LogP contribution >= 0.6 is 0 Å². The fourth-order valence-electron chi connectivity index (χ4n) is 3.85. The number of benzene rings is 1. The SMILES string of the molecule is CCNC(=NCc1ccc(N2CCCC2=O)cc1)NCC1(O)CCCCC1. The summed E-state index contributed by atoms with van der Waals surface area (Å²) in [7, 11) is 0. The van der Waals surface area contributed by atoms with E-state index in [1.807, 2.05) is 36.1 Å².